The molecule has 0 amide bonds. The Morgan fingerprint density at radius 3 is 2.95 bits per heavy atom. The van der Waals surface area contributed by atoms with Crippen molar-refractivity contribution in [3.8, 4) is 0 Å². The number of aromatic nitrogens is 2. The van der Waals surface area contributed by atoms with Crippen molar-refractivity contribution in [1.82, 2.24) is 19.8 Å². The highest BCUT2D eigenvalue weighted by atomic mass is 32.2. The van der Waals surface area contributed by atoms with Gasteiger partial charge < -0.3 is 5.32 Å². The van der Waals surface area contributed by atoms with Crippen LogP contribution in [0.1, 0.15) is 33.1 Å². The molecule has 0 bridgehead atoms. The van der Waals surface area contributed by atoms with Gasteiger partial charge in [-0.3, -0.25) is 5.10 Å². The molecule has 0 aliphatic carbocycles. The first-order valence-corrected chi connectivity index (χ1v) is 8.20. The van der Waals surface area contributed by atoms with Crippen molar-refractivity contribution in [2.75, 3.05) is 13.1 Å². The summed E-state index contributed by atoms with van der Waals surface area (Å²) >= 11 is 0. The lowest BCUT2D eigenvalue weighted by Gasteiger charge is -2.34. The lowest BCUT2D eigenvalue weighted by atomic mass is 10.0. The third-order valence-corrected chi connectivity index (χ3v) is 5.28. The molecule has 1 atom stereocenters. The Morgan fingerprint density at radius 2 is 2.32 bits per heavy atom. The predicted molar refractivity (Wildman–Crippen MR) is 73.3 cm³/mol. The molecule has 1 fully saturated rings. The summed E-state index contributed by atoms with van der Waals surface area (Å²) < 4.78 is 26.7. The molecule has 0 radical (unpaired) electrons. The third-order valence-electron chi connectivity index (χ3n) is 3.40. The first kappa shape index (κ1) is 14.5. The molecule has 1 aliphatic rings. The van der Waals surface area contributed by atoms with Gasteiger partial charge in [0, 0.05) is 25.2 Å². The van der Waals surface area contributed by atoms with Gasteiger partial charge in [0.05, 0.1) is 6.20 Å². The summed E-state index contributed by atoms with van der Waals surface area (Å²) in [5, 5.41) is 9.81. The summed E-state index contributed by atoms with van der Waals surface area (Å²) in [5.74, 6) is 0. The number of rotatable bonds is 5. The molecular formula is C12H22N4O2S. The summed E-state index contributed by atoms with van der Waals surface area (Å²) in [6, 6.07) is 1.90. The molecule has 0 spiro atoms. The minimum absolute atomic E-state index is 0.0319. The molecule has 2 heterocycles. The average Bonchev–Trinajstić information content (AvgIpc) is 2.91. The topological polar surface area (TPSA) is 78.1 Å². The van der Waals surface area contributed by atoms with E-state index in [0.717, 1.165) is 19.3 Å². The van der Waals surface area contributed by atoms with E-state index in [1.54, 1.807) is 4.31 Å². The van der Waals surface area contributed by atoms with E-state index in [1.807, 2.05) is 0 Å². The van der Waals surface area contributed by atoms with Crippen LogP contribution >= 0.6 is 0 Å². The molecule has 1 aromatic heterocycles. The summed E-state index contributed by atoms with van der Waals surface area (Å²) in [7, 11) is -3.44. The van der Waals surface area contributed by atoms with Crippen LogP contribution in [0.3, 0.4) is 0 Å². The van der Waals surface area contributed by atoms with E-state index < -0.39 is 10.0 Å². The Balaban J connectivity index is 2.15. The Bertz CT molecular complexity index is 484. The summed E-state index contributed by atoms with van der Waals surface area (Å²) in [4.78, 5) is 0. The summed E-state index contributed by atoms with van der Waals surface area (Å²) in [6.45, 7) is 5.42. The Hall–Kier alpha value is -0.920. The van der Waals surface area contributed by atoms with E-state index in [9.17, 15) is 8.42 Å². The molecule has 0 saturated carbocycles. The molecule has 1 aliphatic heterocycles. The van der Waals surface area contributed by atoms with Gasteiger partial charge in [-0.1, -0.05) is 20.3 Å². The summed E-state index contributed by atoms with van der Waals surface area (Å²) in [5.41, 5.74) is 0. The quantitative estimate of drug-likeness (QED) is 0.845. The van der Waals surface area contributed by atoms with Crippen LogP contribution in [0.2, 0.25) is 0 Å². The van der Waals surface area contributed by atoms with Gasteiger partial charge >= 0.3 is 0 Å². The van der Waals surface area contributed by atoms with Crippen molar-refractivity contribution in [2.45, 2.75) is 50.2 Å². The number of aromatic amines is 1. The fraction of sp³-hybridized carbons (Fsp3) is 0.750. The zero-order chi connectivity index (χ0) is 13.9. The Labute approximate surface area is 114 Å². The van der Waals surface area contributed by atoms with Gasteiger partial charge in [-0.25, -0.2) is 8.42 Å². The van der Waals surface area contributed by atoms with Gasteiger partial charge in [-0.05, 0) is 18.9 Å². The zero-order valence-corrected chi connectivity index (χ0v) is 12.3. The van der Waals surface area contributed by atoms with E-state index in [1.165, 1.54) is 12.3 Å². The first-order valence-electron chi connectivity index (χ1n) is 6.76. The molecule has 19 heavy (non-hydrogen) atoms. The van der Waals surface area contributed by atoms with E-state index in [4.69, 9.17) is 0 Å². The molecule has 2 N–H and O–H groups in total. The lowest BCUT2D eigenvalue weighted by molar-refractivity contribution is 0.241. The molecule has 2 rings (SSSR count). The maximum atomic E-state index is 12.5. The van der Waals surface area contributed by atoms with Crippen molar-refractivity contribution in [2.24, 2.45) is 0 Å². The van der Waals surface area contributed by atoms with Crippen molar-refractivity contribution >= 4 is 10.0 Å². The maximum absolute atomic E-state index is 12.5. The molecule has 1 aromatic rings. The van der Waals surface area contributed by atoms with Crippen molar-refractivity contribution < 1.29 is 8.42 Å². The normalized spacial score (nSPS) is 21.9. The van der Waals surface area contributed by atoms with Crippen LogP contribution < -0.4 is 5.32 Å². The van der Waals surface area contributed by atoms with Gasteiger partial charge in [-0.15, -0.1) is 0 Å². The fourth-order valence-electron chi connectivity index (χ4n) is 2.38. The average molecular weight is 286 g/mol. The molecule has 6 nitrogen and oxygen atoms in total. The number of hydrogen-bond acceptors (Lipinski definition) is 4. The smallest absolute Gasteiger partial charge is 0.260 e. The van der Waals surface area contributed by atoms with Gasteiger partial charge in [0.15, 0.2) is 5.03 Å². The number of nitrogens with one attached hydrogen (secondary N) is 2. The number of hydrogen-bond donors (Lipinski definition) is 2. The van der Waals surface area contributed by atoms with Gasteiger partial charge in [-0.2, -0.15) is 9.40 Å². The highest BCUT2D eigenvalue weighted by molar-refractivity contribution is 7.89. The number of H-pyrrole nitrogens is 1. The fourth-order valence-corrected chi connectivity index (χ4v) is 3.97. The second-order valence-corrected chi connectivity index (χ2v) is 7.11. The van der Waals surface area contributed by atoms with E-state index >= 15 is 0 Å². The predicted octanol–water partition coefficient (Wildman–Crippen LogP) is 0.951. The van der Waals surface area contributed by atoms with Crippen molar-refractivity contribution in [3.05, 3.63) is 12.3 Å². The molecule has 0 aromatic carbocycles. The van der Waals surface area contributed by atoms with Crippen LogP contribution in [0.4, 0.5) is 0 Å². The zero-order valence-electron chi connectivity index (χ0n) is 11.5. The van der Waals surface area contributed by atoms with Gasteiger partial charge in [0.1, 0.15) is 0 Å². The Kier molecular flexibility index (Phi) is 4.59. The standard InChI is InChI=1S/C12H22N4O2S/c1-10(2)13-9-11-5-3-4-8-16(11)19(17,18)12-6-7-14-15-12/h6-7,10-11,13H,3-5,8-9H2,1-2H3,(H,14,15). The van der Waals surface area contributed by atoms with Gasteiger partial charge in [0.2, 0.25) is 0 Å². The highest BCUT2D eigenvalue weighted by Gasteiger charge is 2.34. The second kappa shape index (κ2) is 6.02. The van der Waals surface area contributed by atoms with Gasteiger partial charge in [0.25, 0.3) is 10.0 Å². The molecule has 7 heteroatoms. The largest absolute Gasteiger partial charge is 0.313 e. The molecule has 1 saturated heterocycles. The minimum Gasteiger partial charge on any atom is -0.313 e. The summed E-state index contributed by atoms with van der Waals surface area (Å²) in [6.07, 6.45) is 4.39. The Morgan fingerprint density at radius 1 is 1.53 bits per heavy atom. The van der Waals surface area contributed by atoms with E-state index in [0.29, 0.717) is 19.1 Å². The minimum atomic E-state index is -3.44. The van der Waals surface area contributed by atoms with Crippen LogP contribution in [0.25, 0.3) is 0 Å². The van der Waals surface area contributed by atoms with Crippen LogP contribution in [0, 0.1) is 0 Å². The van der Waals surface area contributed by atoms with E-state index in [-0.39, 0.29) is 11.1 Å². The number of piperidine rings is 1. The van der Waals surface area contributed by atoms with E-state index in [2.05, 4.69) is 29.4 Å². The van der Waals surface area contributed by atoms with Crippen LogP contribution in [0.5, 0.6) is 0 Å². The van der Waals surface area contributed by atoms with Crippen LogP contribution in [-0.4, -0.2) is 48.1 Å². The maximum Gasteiger partial charge on any atom is 0.260 e. The van der Waals surface area contributed by atoms with Crippen molar-refractivity contribution in [3.63, 3.8) is 0 Å². The second-order valence-electron chi connectivity index (χ2n) is 5.25. The van der Waals surface area contributed by atoms with Crippen molar-refractivity contribution in [1.29, 1.82) is 0 Å². The molecular weight excluding hydrogens is 264 g/mol. The number of sulfonamides is 1. The van der Waals surface area contributed by atoms with Crippen LogP contribution in [-0.2, 0) is 10.0 Å². The number of nitrogens with zero attached hydrogens (tertiary/aromatic N) is 2. The first-order chi connectivity index (χ1) is 9.01. The SMILES string of the molecule is CC(C)NCC1CCCCN1S(=O)(=O)c1ccn[nH]1. The molecule has 108 valence electrons. The monoisotopic (exact) mass is 286 g/mol. The van der Waals surface area contributed by atoms with Crippen LogP contribution in [0.15, 0.2) is 17.3 Å². The highest BCUT2D eigenvalue weighted by Crippen LogP contribution is 2.23. The lowest BCUT2D eigenvalue weighted by Crippen LogP contribution is -2.49. The third kappa shape index (κ3) is 3.34. The molecule has 1 unspecified atom stereocenters.